The third kappa shape index (κ3) is 4.64. The van der Waals surface area contributed by atoms with E-state index in [4.69, 9.17) is 4.74 Å². The van der Waals surface area contributed by atoms with Gasteiger partial charge in [-0.1, -0.05) is 38.1 Å². The van der Waals surface area contributed by atoms with Crippen LogP contribution in [0, 0.1) is 11.7 Å². The highest BCUT2D eigenvalue weighted by molar-refractivity contribution is 6.02. The second-order valence-electron chi connectivity index (χ2n) is 6.98. The van der Waals surface area contributed by atoms with Crippen molar-refractivity contribution < 1.29 is 18.7 Å². The zero-order valence-corrected chi connectivity index (χ0v) is 15.4. The molecule has 0 saturated carbocycles. The first-order chi connectivity index (χ1) is 12.9. The van der Waals surface area contributed by atoms with E-state index in [1.165, 1.54) is 17.0 Å². The molecular formula is C21H23FN2O3. The summed E-state index contributed by atoms with van der Waals surface area (Å²) in [4.78, 5) is 26.3. The van der Waals surface area contributed by atoms with Crippen LogP contribution in [0.1, 0.15) is 19.4 Å². The number of amides is 2. The van der Waals surface area contributed by atoms with Gasteiger partial charge in [0.1, 0.15) is 18.1 Å². The molecule has 142 valence electrons. The van der Waals surface area contributed by atoms with Crippen LogP contribution in [0.4, 0.5) is 10.1 Å². The molecular weight excluding hydrogens is 347 g/mol. The Bertz CT molecular complexity index is 820. The highest BCUT2D eigenvalue weighted by atomic mass is 19.1. The van der Waals surface area contributed by atoms with Crippen LogP contribution < -0.4 is 15.0 Å². The van der Waals surface area contributed by atoms with Crippen molar-refractivity contribution in [3.63, 3.8) is 0 Å². The van der Waals surface area contributed by atoms with E-state index in [-0.39, 0.29) is 42.7 Å². The SMILES string of the molecule is CC(C)C(Cc1ccc(F)cc1)NC(=O)CN1C(=O)COc2ccccc21. The Morgan fingerprint density at radius 3 is 2.59 bits per heavy atom. The van der Waals surface area contributed by atoms with Crippen molar-refractivity contribution in [2.75, 3.05) is 18.1 Å². The number of nitrogens with zero attached hydrogens (tertiary/aromatic N) is 1. The molecule has 2 aromatic rings. The first kappa shape index (κ1) is 18.9. The van der Waals surface area contributed by atoms with Crippen LogP contribution in [0.2, 0.25) is 0 Å². The number of para-hydroxylation sites is 2. The van der Waals surface area contributed by atoms with E-state index in [9.17, 15) is 14.0 Å². The monoisotopic (exact) mass is 370 g/mol. The highest BCUT2D eigenvalue weighted by Gasteiger charge is 2.28. The average Bonchev–Trinajstić information content (AvgIpc) is 2.65. The molecule has 2 aromatic carbocycles. The number of hydrogen-bond donors (Lipinski definition) is 1. The highest BCUT2D eigenvalue weighted by Crippen LogP contribution is 2.31. The third-order valence-electron chi connectivity index (χ3n) is 4.63. The molecule has 0 bridgehead atoms. The van der Waals surface area contributed by atoms with Crippen molar-refractivity contribution in [2.45, 2.75) is 26.3 Å². The van der Waals surface area contributed by atoms with Crippen molar-refractivity contribution >= 4 is 17.5 Å². The number of rotatable bonds is 6. The molecule has 1 unspecified atom stereocenters. The quantitative estimate of drug-likeness (QED) is 0.851. The summed E-state index contributed by atoms with van der Waals surface area (Å²) in [6.07, 6.45) is 0.595. The first-order valence-corrected chi connectivity index (χ1v) is 9.00. The molecule has 3 rings (SSSR count). The van der Waals surface area contributed by atoms with Gasteiger partial charge in [0.2, 0.25) is 5.91 Å². The van der Waals surface area contributed by atoms with Crippen LogP contribution in [0.25, 0.3) is 0 Å². The molecule has 5 nitrogen and oxygen atoms in total. The van der Waals surface area contributed by atoms with Gasteiger partial charge in [-0.2, -0.15) is 0 Å². The van der Waals surface area contributed by atoms with Crippen LogP contribution in [-0.4, -0.2) is 31.0 Å². The van der Waals surface area contributed by atoms with Crippen molar-refractivity contribution in [2.24, 2.45) is 5.92 Å². The molecule has 0 spiro atoms. The van der Waals surface area contributed by atoms with Crippen LogP contribution >= 0.6 is 0 Å². The maximum Gasteiger partial charge on any atom is 0.265 e. The predicted molar refractivity (Wildman–Crippen MR) is 101 cm³/mol. The third-order valence-corrected chi connectivity index (χ3v) is 4.63. The maximum atomic E-state index is 13.1. The smallest absolute Gasteiger partial charge is 0.265 e. The minimum Gasteiger partial charge on any atom is -0.482 e. The number of fused-ring (bicyclic) bond motifs is 1. The van der Waals surface area contributed by atoms with Crippen LogP contribution in [0.5, 0.6) is 5.75 Å². The Kier molecular flexibility index (Phi) is 5.74. The number of carbonyl (C=O) groups is 2. The van der Waals surface area contributed by atoms with Gasteiger partial charge in [0.05, 0.1) is 5.69 Å². The minimum absolute atomic E-state index is 0.0636. The summed E-state index contributed by atoms with van der Waals surface area (Å²) in [6.45, 7) is 3.90. The number of halogens is 1. The number of ether oxygens (including phenoxy) is 1. The van der Waals surface area contributed by atoms with Crippen LogP contribution in [0.3, 0.4) is 0 Å². The fourth-order valence-electron chi connectivity index (χ4n) is 3.05. The van der Waals surface area contributed by atoms with Crippen molar-refractivity contribution in [1.82, 2.24) is 5.32 Å². The number of hydrogen-bond acceptors (Lipinski definition) is 3. The second-order valence-corrected chi connectivity index (χ2v) is 6.98. The van der Waals surface area contributed by atoms with Gasteiger partial charge in [-0.15, -0.1) is 0 Å². The maximum absolute atomic E-state index is 13.1. The number of carbonyl (C=O) groups excluding carboxylic acids is 2. The summed E-state index contributed by atoms with van der Waals surface area (Å²) in [5.41, 5.74) is 1.55. The van der Waals surface area contributed by atoms with Crippen LogP contribution in [-0.2, 0) is 16.0 Å². The summed E-state index contributed by atoms with van der Waals surface area (Å²) in [6, 6.07) is 13.3. The molecule has 1 heterocycles. The Morgan fingerprint density at radius 2 is 1.89 bits per heavy atom. The van der Waals surface area contributed by atoms with Crippen molar-refractivity contribution in [3.8, 4) is 5.75 Å². The Morgan fingerprint density at radius 1 is 1.19 bits per heavy atom. The normalized spacial score (nSPS) is 14.5. The molecule has 1 N–H and O–H groups in total. The van der Waals surface area contributed by atoms with E-state index in [2.05, 4.69) is 5.32 Å². The molecule has 1 aliphatic heterocycles. The zero-order valence-electron chi connectivity index (χ0n) is 15.4. The van der Waals surface area contributed by atoms with Gasteiger partial charge in [0, 0.05) is 6.04 Å². The molecule has 27 heavy (non-hydrogen) atoms. The van der Waals surface area contributed by atoms with Gasteiger partial charge in [0.15, 0.2) is 6.61 Å². The largest absolute Gasteiger partial charge is 0.482 e. The molecule has 0 radical (unpaired) electrons. The molecule has 2 amide bonds. The van der Waals surface area contributed by atoms with Crippen molar-refractivity contribution in [3.05, 3.63) is 59.9 Å². The molecule has 1 atom stereocenters. The van der Waals surface area contributed by atoms with E-state index in [0.717, 1.165) is 5.56 Å². The van der Waals surface area contributed by atoms with Gasteiger partial charge in [-0.05, 0) is 42.2 Å². The summed E-state index contributed by atoms with van der Waals surface area (Å²) < 4.78 is 18.5. The van der Waals surface area contributed by atoms with Crippen LogP contribution in [0.15, 0.2) is 48.5 Å². The molecule has 0 aromatic heterocycles. The Labute approximate surface area is 158 Å². The Hall–Kier alpha value is -2.89. The zero-order chi connectivity index (χ0) is 19.4. The fourth-order valence-corrected chi connectivity index (χ4v) is 3.05. The standard InChI is InChI=1S/C21H23FN2O3/c1-14(2)17(11-15-7-9-16(22)10-8-15)23-20(25)12-24-18-5-3-4-6-19(18)27-13-21(24)26/h3-10,14,17H,11-13H2,1-2H3,(H,23,25). The second kappa shape index (κ2) is 8.20. The van der Waals surface area contributed by atoms with E-state index in [1.807, 2.05) is 19.9 Å². The topological polar surface area (TPSA) is 58.6 Å². The molecule has 0 aliphatic carbocycles. The summed E-state index contributed by atoms with van der Waals surface area (Å²) in [7, 11) is 0. The lowest BCUT2D eigenvalue weighted by molar-refractivity contribution is -0.125. The lowest BCUT2D eigenvalue weighted by atomic mass is 9.96. The fraction of sp³-hybridized carbons (Fsp3) is 0.333. The number of benzene rings is 2. The van der Waals surface area contributed by atoms with E-state index in [0.29, 0.717) is 17.9 Å². The minimum atomic E-state index is -0.284. The predicted octanol–water partition coefficient (Wildman–Crippen LogP) is 2.93. The summed E-state index contributed by atoms with van der Waals surface area (Å²) in [5.74, 6) is 0.0148. The summed E-state index contributed by atoms with van der Waals surface area (Å²) in [5, 5.41) is 3.01. The number of anilines is 1. The Balaban J connectivity index is 1.68. The first-order valence-electron chi connectivity index (χ1n) is 9.00. The van der Waals surface area contributed by atoms with E-state index < -0.39 is 0 Å². The lowest BCUT2D eigenvalue weighted by Crippen LogP contribution is -2.48. The average molecular weight is 370 g/mol. The van der Waals surface area contributed by atoms with Gasteiger partial charge in [-0.25, -0.2) is 4.39 Å². The van der Waals surface area contributed by atoms with E-state index in [1.54, 1.807) is 30.3 Å². The summed E-state index contributed by atoms with van der Waals surface area (Å²) >= 11 is 0. The molecule has 0 saturated heterocycles. The molecule has 6 heteroatoms. The number of nitrogens with one attached hydrogen (secondary N) is 1. The van der Waals surface area contributed by atoms with Gasteiger partial charge < -0.3 is 10.1 Å². The van der Waals surface area contributed by atoms with Gasteiger partial charge in [0.25, 0.3) is 5.91 Å². The van der Waals surface area contributed by atoms with Gasteiger partial charge >= 0.3 is 0 Å². The van der Waals surface area contributed by atoms with Gasteiger partial charge in [-0.3, -0.25) is 14.5 Å². The van der Waals surface area contributed by atoms with E-state index >= 15 is 0 Å². The molecule has 1 aliphatic rings. The lowest BCUT2D eigenvalue weighted by Gasteiger charge is -2.30. The molecule has 0 fully saturated rings. The van der Waals surface area contributed by atoms with Crippen molar-refractivity contribution in [1.29, 1.82) is 0 Å².